The Hall–Kier alpha value is -3.82. The average molecular weight is 513 g/mol. The normalized spacial score (nSPS) is 17.4. The number of anilines is 2. The summed E-state index contributed by atoms with van der Waals surface area (Å²) >= 11 is 0. The number of ether oxygens (including phenoxy) is 1. The third-order valence-electron chi connectivity index (χ3n) is 7.45. The molecule has 0 unspecified atom stereocenters. The summed E-state index contributed by atoms with van der Waals surface area (Å²) in [6.07, 6.45) is 7.86. The molecule has 0 saturated carbocycles. The lowest BCUT2D eigenvalue weighted by molar-refractivity contribution is 0.00954. The molecule has 3 N–H and O–H groups in total. The molecule has 6 rings (SSSR count). The van der Waals surface area contributed by atoms with Crippen molar-refractivity contribution in [1.29, 1.82) is 0 Å². The predicted molar refractivity (Wildman–Crippen MR) is 145 cm³/mol. The molecule has 0 spiro atoms. The number of esters is 1. The second kappa shape index (κ2) is 8.89. The van der Waals surface area contributed by atoms with Crippen molar-refractivity contribution in [3.05, 3.63) is 65.6 Å². The molecule has 2 aliphatic heterocycles. The number of carbonyl (C=O) groups excluding carboxylic acids is 1. The van der Waals surface area contributed by atoms with E-state index in [9.17, 15) is 9.90 Å². The van der Waals surface area contributed by atoms with Gasteiger partial charge in [-0.2, -0.15) is 5.10 Å². The van der Waals surface area contributed by atoms with Crippen LogP contribution in [0, 0.1) is 0 Å². The fraction of sp³-hybridized carbons (Fsp3) is 0.379. The van der Waals surface area contributed by atoms with Gasteiger partial charge in [-0.3, -0.25) is 4.68 Å². The number of nitrogens with zero attached hydrogens (tertiary/aromatic N) is 4. The quantitative estimate of drug-likeness (QED) is 0.327. The van der Waals surface area contributed by atoms with Crippen LogP contribution in [0.1, 0.15) is 68.1 Å². The number of carbonyl (C=O) groups is 1. The minimum atomic E-state index is -1.12. The highest BCUT2D eigenvalue weighted by Gasteiger charge is 2.37. The Morgan fingerprint density at radius 1 is 1.13 bits per heavy atom. The second-order valence-corrected chi connectivity index (χ2v) is 11.2. The van der Waals surface area contributed by atoms with Gasteiger partial charge in [0.05, 0.1) is 28.9 Å². The van der Waals surface area contributed by atoms with Gasteiger partial charge < -0.3 is 20.5 Å². The first kappa shape index (κ1) is 24.5. The molecule has 4 aromatic rings. The lowest BCUT2D eigenvalue weighted by Crippen LogP contribution is -2.29. The van der Waals surface area contributed by atoms with Gasteiger partial charge in [-0.25, -0.2) is 14.8 Å². The summed E-state index contributed by atoms with van der Waals surface area (Å²) in [6.45, 7) is 9.27. The molecule has 0 radical (unpaired) electrons. The van der Waals surface area contributed by atoms with E-state index in [1.165, 1.54) is 0 Å². The summed E-state index contributed by atoms with van der Waals surface area (Å²) in [4.78, 5) is 21.5. The van der Waals surface area contributed by atoms with Crippen LogP contribution in [0.2, 0.25) is 0 Å². The lowest BCUT2D eigenvalue weighted by atomic mass is 9.92. The maximum atomic E-state index is 12.1. The van der Waals surface area contributed by atoms with E-state index in [1.807, 2.05) is 44.3 Å². The summed E-state index contributed by atoms with van der Waals surface area (Å²) in [5.41, 5.74) is 3.66. The molecule has 4 heterocycles. The number of cyclic esters (lactones) is 1. The van der Waals surface area contributed by atoms with E-state index >= 15 is 0 Å². The van der Waals surface area contributed by atoms with Gasteiger partial charge in [0.25, 0.3) is 0 Å². The average Bonchev–Trinajstić information content (AvgIpc) is 3.46. The van der Waals surface area contributed by atoms with Crippen molar-refractivity contribution < 1.29 is 14.6 Å². The Balaban J connectivity index is 1.35. The molecule has 1 fully saturated rings. The number of benzene rings is 2. The Bertz CT molecular complexity index is 1550. The van der Waals surface area contributed by atoms with Gasteiger partial charge in [0.1, 0.15) is 5.60 Å². The van der Waals surface area contributed by atoms with Crippen LogP contribution < -0.4 is 10.6 Å². The first-order valence-corrected chi connectivity index (χ1v) is 13.0. The van der Waals surface area contributed by atoms with Crippen molar-refractivity contribution in [1.82, 2.24) is 25.1 Å². The number of fused-ring (bicyclic) bond motifs is 2. The SMILES string of the molecule is CC(C)(O)c1cc(-c2cnn(C3CCNCC3)c2)cc2cnc(Nc3ccc4c(c3)C(C)(C)OC4=O)nc12. The summed E-state index contributed by atoms with van der Waals surface area (Å²) in [5.74, 6) is 0.0860. The zero-order valence-electron chi connectivity index (χ0n) is 22.1. The van der Waals surface area contributed by atoms with Crippen LogP contribution in [0.15, 0.2) is 48.9 Å². The summed E-state index contributed by atoms with van der Waals surface area (Å²) < 4.78 is 7.54. The van der Waals surface area contributed by atoms with Crippen molar-refractivity contribution >= 4 is 28.5 Å². The topological polar surface area (TPSA) is 114 Å². The molecule has 0 aliphatic carbocycles. The highest BCUT2D eigenvalue weighted by molar-refractivity contribution is 5.95. The minimum absolute atomic E-state index is 0.314. The van der Waals surface area contributed by atoms with Crippen LogP contribution in [-0.4, -0.2) is 43.9 Å². The molecule has 0 bridgehead atoms. The number of rotatable bonds is 5. The molecule has 9 heteroatoms. The molecule has 38 heavy (non-hydrogen) atoms. The molecule has 0 amide bonds. The Labute approximate surface area is 221 Å². The van der Waals surface area contributed by atoms with Crippen molar-refractivity contribution in [3.63, 3.8) is 0 Å². The number of piperidine rings is 1. The zero-order chi connectivity index (χ0) is 26.7. The molecule has 0 atom stereocenters. The fourth-order valence-corrected chi connectivity index (χ4v) is 5.37. The van der Waals surface area contributed by atoms with Crippen molar-refractivity contribution in [2.45, 2.75) is 57.8 Å². The highest BCUT2D eigenvalue weighted by Crippen LogP contribution is 2.38. The molecule has 9 nitrogen and oxygen atoms in total. The van der Waals surface area contributed by atoms with Crippen LogP contribution in [-0.2, 0) is 15.9 Å². The van der Waals surface area contributed by atoms with Gasteiger partial charge in [-0.15, -0.1) is 0 Å². The third-order valence-corrected chi connectivity index (χ3v) is 7.45. The number of nitrogens with one attached hydrogen (secondary N) is 2. The van der Waals surface area contributed by atoms with Crippen LogP contribution >= 0.6 is 0 Å². The highest BCUT2D eigenvalue weighted by atomic mass is 16.6. The third kappa shape index (κ3) is 4.41. The van der Waals surface area contributed by atoms with Gasteiger partial charge in [0, 0.05) is 40.2 Å². The van der Waals surface area contributed by atoms with E-state index in [1.54, 1.807) is 26.1 Å². The van der Waals surface area contributed by atoms with Gasteiger partial charge >= 0.3 is 5.97 Å². The molecule has 1 saturated heterocycles. The van der Waals surface area contributed by atoms with E-state index in [2.05, 4.69) is 31.6 Å². The van der Waals surface area contributed by atoms with Gasteiger partial charge in [-0.05, 0) is 89.5 Å². The fourth-order valence-electron chi connectivity index (χ4n) is 5.37. The molecule has 196 valence electrons. The maximum absolute atomic E-state index is 12.1. The Morgan fingerprint density at radius 2 is 1.92 bits per heavy atom. The van der Waals surface area contributed by atoms with E-state index < -0.39 is 11.2 Å². The predicted octanol–water partition coefficient (Wildman–Crippen LogP) is 4.79. The van der Waals surface area contributed by atoms with Crippen LogP contribution in [0.4, 0.5) is 11.6 Å². The summed E-state index contributed by atoms with van der Waals surface area (Å²) in [5, 5.41) is 23.2. The van der Waals surface area contributed by atoms with Crippen LogP contribution in [0.25, 0.3) is 22.0 Å². The van der Waals surface area contributed by atoms with Crippen molar-refractivity contribution in [2.75, 3.05) is 18.4 Å². The van der Waals surface area contributed by atoms with Gasteiger partial charge in [0.15, 0.2) is 0 Å². The molecular weight excluding hydrogens is 480 g/mol. The standard InChI is InChI=1S/C29H32N6O3/c1-28(2,37)24-12-17(19-15-32-35(16-19)21-7-9-30-10-8-21)11-18-14-31-27(34-25(18)24)33-20-5-6-22-23(13-20)29(3,4)38-26(22)36/h5-6,11-16,21,30,37H,7-10H2,1-4H3,(H,31,33,34). The monoisotopic (exact) mass is 512 g/mol. The maximum Gasteiger partial charge on any atom is 0.339 e. The number of hydrogen-bond acceptors (Lipinski definition) is 8. The van der Waals surface area contributed by atoms with Crippen molar-refractivity contribution in [3.8, 4) is 11.1 Å². The minimum Gasteiger partial charge on any atom is -0.451 e. The molecule has 2 aromatic heterocycles. The van der Waals surface area contributed by atoms with Crippen LogP contribution in [0.3, 0.4) is 0 Å². The van der Waals surface area contributed by atoms with Crippen LogP contribution in [0.5, 0.6) is 0 Å². The van der Waals surface area contributed by atoms with E-state index in [0.717, 1.165) is 53.7 Å². The number of aromatic nitrogens is 4. The smallest absolute Gasteiger partial charge is 0.339 e. The van der Waals surface area contributed by atoms with Gasteiger partial charge in [-0.1, -0.05) is 0 Å². The first-order valence-electron chi connectivity index (χ1n) is 13.0. The van der Waals surface area contributed by atoms with Crippen molar-refractivity contribution in [2.24, 2.45) is 0 Å². The molecule has 2 aliphatic rings. The van der Waals surface area contributed by atoms with E-state index in [0.29, 0.717) is 28.6 Å². The first-order chi connectivity index (χ1) is 18.1. The van der Waals surface area contributed by atoms with Gasteiger partial charge in [0.2, 0.25) is 5.95 Å². The Morgan fingerprint density at radius 3 is 2.68 bits per heavy atom. The Kier molecular flexibility index (Phi) is 5.73. The number of hydrogen-bond donors (Lipinski definition) is 3. The zero-order valence-corrected chi connectivity index (χ0v) is 22.1. The van der Waals surface area contributed by atoms with E-state index in [-0.39, 0.29) is 5.97 Å². The number of aliphatic hydroxyl groups is 1. The molecule has 2 aromatic carbocycles. The lowest BCUT2D eigenvalue weighted by Gasteiger charge is -2.23. The second-order valence-electron chi connectivity index (χ2n) is 11.2. The molecular formula is C29H32N6O3. The summed E-state index contributed by atoms with van der Waals surface area (Å²) in [6, 6.07) is 9.89. The van der Waals surface area contributed by atoms with E-state index in [4.69, 9.17) is 9.72 Å². The summed E-state index contributed by atoms with van der Waals surface area (Å²) in [7, 11) is 0. The largest absolute Gasteiger partial charge is 0.451 e.